The molecule has 152 valence electrons. The van der Waals surface area contributed by atoms with Gasteiger partial charge in [-0.1, -0.05) is 35.9 Å². The summed E-state index contributed by atoms with van der Waals surface area (Å²) in [6, 6.07) is 16.6. The Bertz CT molecular complexity index is 1090. The van der Waals surface area contributed by atoms with Crippen LogP contribution in [0.5, 0.6) is 0 Å². The minimum Gasteiger partial charge on any atom is -0.465 e. The molecule has 1 N–H and O–H groups in total. The fourth-order valence-electron chi connectivity index (χ4n) is 3.58. The zero-order valence-corrected chi connectivity index (χ0v) is 17.4. The van der Waals surface area contributed by atoms with E-state index in [1.54, 1.807) is 24.4 Å². The fourth-order valence-corrected chi connectivity index (χ4v) is 3.70. The van der Waals surface area contributed by atoms with Gasteiger partial charge in [0.05, 0.1) is 12.7 Å². The number of anilines is 1. The first-order valence-electron chi connectivity index (χ1n) is 9.68. The Hall–Kier alpha value is -3.18. The molecular weight excluding hydrogens is 400 g/mol. The molecule has 1 aliphatic rings. The number of rotatable bonds is 5. The van der Waals surface area contributed by atoms with Crippen molar-refractivity contribution >= 4 is 29.2 Å². The molecule has 1 aromatic heterocycles. The quantitative estimate of drug-likeness (QED) is 0.573. The van der Waals surface area contributed by atoms with E-state index in [0.717, 1.165) is 23.2 Å². The highest BCUT2D eigenvalue weighted by atomic mass is 35.5. The number of ether oxygens (including phenoxy) is 1. The highest BCUT2D eigenvalue weighted by Gasteiger charge is 2.43. The van der Waals surface area contributed by atoms with Gasteiger partial charge in [-0.05, 0) is 60.7 Å². The molecule has 1 fully saturated rings. The number of benzene rings is 2. The maximum absolute atomic E-state index is 12.7. The van der Waals surface area contributed by atoms with Crippen molar-refractivity contribution in [2.75, 3.05) is 12.4 Å². The number of pyridine rings is 1. The van der Waals surface area contributed by atoms with E-state index in [1.807, 2.05) is 43.3 Å². The van der Waals surface area contributed by atoms with Crippen molar-refractivity contribution < 1.29 is 14.3 Å². The van der Waals surface area contributed by atoms with Gasteiger partial charge in [-0.15, -0.1) is 0 Å². The first-order chi connectivity index (χ1) is 14.5. The maximum Gasteiger partial charge on any atom is 0.338 e. The van der Waals surface area contributed by atoms with Crippen LogP contribution >= 0.6 is 11.6 Å². The summed E-state index contributed by atoms with van der Waals surface area (Å²) in [6.45, 7) is 1.90. The maximum atomic E-state index is 12.7. The predicted molar refractivity (Wildman–Crippen MR) is 117 cm³/mol. The SMILES string of the molecule is COC(=O)c1cc(NC(=O)C2CC2c2ccc(Cl)cc2)ccc1-c1ccc(C)nc1. The summed E-state index contributed by atoms with van der Waals surface area (Å²) in [5.74, 6) is -0.420. The molecule has 30 heavy (non-hydrogen) atoms. The van der Waals surface area contributed by atoms with Crippen LogP contribution in [0.25, 0.3) is 11.1 Å². The molecule has 4 rings (SSSR count). The van der Waals surface area contributed by atoms with Gasteiger partial charge in [-0.3, -0.25) is 9.78 Å². The monoisotopic (exact) mass is 420 g/mol. The number of esters is 1. The number of carbonyl (C=O) groups is 2. The van der Waals surface area contributed by atoms with E-state index < -0.39 is 5.97 Å². The summed E-state index contributed by atoms with van der Waals surface area (Å²) < 4.78 is 4.94. The number of methoxy groups -OCH3 is 1. The normalized spacial score (nSPS) is 17.3. The number of nitrogens with one attached hydrogen (secondary N) is 1. The third-order valence-electron chi connectivity index (χ3n) is 5.34. The average molecular weight is 421 g/mol. The Balaban J connectivity index is 1.53. The number of aryl methyl sites for hydroxylation is 1. The lowest BCUT2D eigenvalue weighted by Gasteiger charge is -2.12. The second kappa shape index (κ2) is 8.28. The molecule has 5 nitrogen and oxygen atoms in total. The van der Waals surface area contributed by atoms with Gasteiger partial charge in [0.25, 0.3) is 0 Å². The van der Waals surface area contributed by atoms with Gasteiger partial charge in [-0.2, -0.15) is 0 Å². The van der Waals surface area contributed by atoms with Crippen molar-refractivity contribution in [3.63, 3.8) is 0 Å². The Labute approximate surface area is 180 Å². The summed E-state index contributed by atoms with van der Waals surface area (Å²) >= 11 is 5.94. The first kappa shape index (κ1) is 20.1. The van der Waals surface area contributed by atoms with Crippen LogP contribution in [0.1, 0.15) is 34.0 Å². The van der Waals surface area contributed by atoms with Gasteiger partial charge in [0, 0.05) is 34.1 Å². The summed E-state index contributed by atoms with van der Waals surface area (Å²) in [7, 11) is 1.34. The lowest BCUT2D eigenvalue weighted by molar-refractivity contribution is -0.117. The molecule has 0 saturated heterocycles. The van der Waals surface area contributed by atoms with Crippen LogP contribution in [-0.4, -0.2) is 24.0 Å². The van der Waals surface area contributed by atoms with Gasteiger partial charge in [0.1, 0.15) is 0 Å². The first-order valence-corrected chi connectivity index (χ1v) is 10.1. The largest absolute Gasteiger partial charge is 0.465 e. The zero-order valence-electron chi connectivity index (χ0n) is 16.7. The number of halogens is 1. The number of carbonyl (C=O) groups excluding carboxylic acids is 2. The van der Waals surface area contributed by atoms with Crippen LogP contribution in [0.3, 0.4) is 0 Å². The predicted octanol–water partition coefficient (Wildman–Crippen LogP) is 5.24. The zero-order chi connectivity index (χ0) is 21.3. The highest BCUT2D eigenvalue weighted by Crippen LogP contribution is 2.48. The van der Waals surface area contributed by atoms with E-state index in [2.05, 4.69) is 10.3 Å². The van der Waals surface area contributed by atoms with Crippen LogP contribution in [0, 0.1) is 12.8 Å². The second-order valence-corrected chi connectivity index (χ2v) is 7.87. The minimum atomic E-state index is -0.466. The number of nitrogens with zero attached hydrogens (tertiary/aromatic N) is 1. The van der Waals surface area contributed by atoms with E-state index in [9.17, 15) is 9.59 Å². The van der Waals surface area contributed by atoms with Crippen molar-refractivity contribution in [2.45, 2.75) is 19.3 Å². The van der Waals surface area contributed by atoms with E-state index >= 15 is 0 Å². The summed E-state index contributed by atoms with van der Waals surface area (Å²) in [4.78, 5) is 29.4. The van der Waals surface area contributed by atoms with E-state index in [0.29, 0.717) is 21.8 Å². The molecule has 1 amide bonds. The van der Waals surface area contributed by atoms with Crippen molar-refractivity contribution in [3.05, 3.63) is 82.6 Å². The number of aromatic nitrogens is 1. The van der Waals surface area contributed by atoms with Crippen molar-refractivity contribution in [1.82, 2.24) is 4.98 Å². The average Bonchev–Trinajstić information content (AvgIpc) is 3.55. The van der Waals surface area contributed by atoms with Crippen LogP contribution in [0.15, 0.2) is 60.8 Å². The van der Waals surface area contributed by atoms with Crippen LogP contribution in [0.4, 0.5) is 5.69 Å². The molecule has 0 aliphatic heterocycles. The van der Waals surface area contributed by atoms with Crippen LogP contribution in [-0.2, 0) is 9.53 Å². The second-order valence-electron chi connectivity index (χ2n) is 7.43. The molecule has 1 saturated carbocycles. The third kappa shape index (κ3) is 4.21. The Kier molecular flexibility index (Phi) is 5.55. The molecule has 0 spiro atoms. The molecule has 3 aromatic rings. The lowest BCUT2D eigenvalue weighted by Crippen LogP contribution is -2.15. The molecular formula is C24H21ClN2O3. The molecule has 1 aliphatic carbocycles. The summed E-state index contributed by atoms with van der Waals surface area (Å²) in [6.07, 6.45) is 2.51. The smallest absolute Gasteiger partial charge is 0.338 e. The molecule has 2 atom stereocenters. The van der Waals surface area contributed by atoms with E-state index in [4.69, 9.17) is 16.3 Å². The van der Waals surface area contributed by atoms with Gasteiger partial charge >= 0.3 is 5.97 Å². The topological polar surface area (TPSA) is 68.3 Å². The van der Waals surface area contributed by atoms with Crippen molar-refractivity contribution in [3.8, 4) is 11.1 Å². The highest BCUT2D eigenvalue weighted by molar-refractivity contribution is 6.30. The van der Waals surface area contributed by atoms with Crippen molar-refractivity contribution in [2.24, 2.45) is 5.92 Å². The summed E-state index contributed by atoms with van der Waals surface area (Å²) in [5.41, 5.74) is 4.46. The van der Waals surface area contributed by atoms with Crippen molar-refractivity contribution in [1.29, 1.82) is 0 Å². The van der Waals surface area contributed by atoms with Gasteiger partial charge in [0.15, 0.2) is 0 Å². The van der Waals surface area contributed by atoms with E-state index in [-0.39, 0.29) is 17.7 Å². The Morgan fingerprint density at radius 3 is 2.53 bits per heavy atom. The van der Waals surface area contributed by atoms with E-state index in [1.165, 1.54) is 7.11 Å². The minimum absolute atomic E-state index is 0.0597. The molecule has 6 heteroatoms. The number of amides is 1. The molecule has 2 unspecified atom stereocenters. The standard InChI is InChI=1S/C24H21ClN2O3/c1-14-3-4-16(13-26-14)19-10-9-18(11-22(19)24(29)30-2)27-23(28)21-12-20(21)15-5-7-17(25)8-6-15/h3-11,13,20-21H,12H2,1-2H3,(H,27,28). The van der Waals surface area contributed by atoms with Crippen LogP contribution in [0.2, 0.25) is 5.02 Å². The van der Waals surface area contributed by atoms with Gasteiger partial charge in [0.2, 0.25) is 5.91 Å². The fraction of sp³-hybridized carbons (Fsp3) is 0.208. The molecule has 1 heterocycles. The number of hydrogen-bond donors (Lipinski definition) is 1. The van der Waals surface area contributed by atoms with Gasteiger partial charge in [-0.25, -0.2) is 4.79 Å². The van der Waals surface area contributed by atoms with Crippen LogP contribution < -0.4 is 5.32 Å². The molecule has 2 aromatic carbocycles. The Morgan fingerprint density at radius 1 is 1.10 bits per heavy atom. The Morgan fingerprint density at radius 2 is 1.87 bits per heavy atom. The van der Waals surface area contributed by atoms with Gasteiger partial charge < -0.3 is 10.1 Å². The number of hydrogen-bond acceptors (Lipinski definition) is 4. The third-order valence-corrected chi connectivity index (χ3v) is 5.59. The molecule has 0 bridgehead atoms. The lowest BCUT2D eigenvalue weighted by atomic mass is 10.00. The summed E-state index contributed by atoms with van der Waals surface area (Å²) in [5, 5.41) is 3.61. The molecule has 0 radical (unpaired) electrons.